The van der Waals surface area contributed by atoms with Gasteiger partial charge in [0, 0.05) is 45.7 Å². The fourth-order valence-corrected chi connectivity index (χ4v) is 2.61. The van der Waals surface area contributed by atoms with Crippen molar-refractivity contribution in [2.45, 2.75) is 13.3 Å². The molecule has 0 bridgehead atoms. The van der Waals surface area contributed by atoms with Crippen LogP contribution in [0.3, 0.4) is 0 Å². The second-order valence-electron chi connectivity index (χ2n) is 4.62. The monoisotopic (exact) mass is 422 g/mol. The summed E-state index contributed by atoms with van der Waals surface area (Å²) in [6.45, 7) is 1.91. The van der Waals surface area contributed by atoms with Crippen molar-refractivity contribution in [1.29, 1.82) is 5.26 Å². The molecule has 1 radical (unpaired) electrons. The van der Waals surface area contributed by atoms with Gasteiger partial charge in [0.1, 0.15) is 11.8 Å². The van der Waals surface area contributed by atoms with E-state index in [0.29, 0.717) is 12.2 Å². The van der Waals surface area contributed by atoms with Crippen molar-refractivity contribution in [1.82, 2.24) is 4.90 Å². The number of carbonyl (C=O) groups excluding carboxylic acids is 1. The topological polar surface area (TPSA) is 53.3 Å². The molecule has 1 atom stereocenters. The van der Waals surface area contributed by atoms with Gasteiger partial charge in [-0.2, -0.15) is 5.26 Å². The molecule has 0 fully saturated rings. The summed E-state index contributed by atoms with van der Waals surface area (Å²) in [6.07, 6.45) is 3.89. The maximum Gasteiger partial charge on any atom is 0.225 e. The Bertz CT molecular complexity index is 610. The second kappa shape index (κ2) is 8.07. The Morgan fingerprint density at radius 3 is 2.90 bits per heavy atom. The van der Waals surface area contributed by atoms with E-state index in [1.165, 1.54) is 0 Å². The summed E-state index contributed by atoms with van der Waals surface area (Å²) in [5.41, 5.74) is 1.66. The van der Waals surface area contributed by atoms with Gasteiger partial charge in [-0.3, -0.25) is 4.79 Å². The third-order valence-electron chi connectivity index (χ3n) is 3.16. The minimum absolute atomic E-state index is 0. The molecule has 1 heterocycles. The Balaban J connectivity index is 0.00000220. The summed E-state index contributed by atoms with van der Waals surface area (Å²) in [5, 5.41) is 8.50. The Kier molecular flexibility index (Phi) is 7.06. The first-order chi connectivity index (χ1) is 9.54. The maximum absolute atomic E-state index is 12.0. The number of carbonyl (C=O) groups is 1. The van der Waals surface area contributed by atoms with Gasteiger partial charge in [-0.1, -0.05) is 33.7 Å². The van der Waals surface area contributed by atoms with Crippen LogP contribution in [0.4, 0.5) is 0 Å². The van der Waals surface area contributed by atoms with E-state index in [2.05, 4.69) is 22.0 Å². The van der Waals surface area contributed by atoms with Crippen LogP contribution in [0.25, 0.3) is 5.70 Å². The van der Waals surface area contributed by atoms with Crippen molar-refractivity contribution in [3.63, 3.8) is 0 Å². The molecule has 1 aromatic rings. The molecular formula is C15H14BrN2O2Y-. The minimum Gasteiger partial charge on any atom is -0.479 e. The van der Waals surface area contributed by atoms with Crippen molar-refractivity contribution in [2.75, 3.05) is 13.7 Å². The molecule has 0 saturated carbocycles. The summed E-state index contributed by atoms with van der Waals surface area (Å²) >= 11 is 3.48. The Labute approximate surface area is 158 Å². The second-order valence-corrected chi connectivity index (χ2v) is 5.47. The molecule has 107 valence electrons. The third-order valence-corrected chi connectivity index (χ3v) is 3.82. The minimum atomic E-state index is -0.0271. The normalized spacial score (nSPS) is 17.6. The summed E-state index contributed by atoms with van der Waals surface area (Å²) in [7, 11) is 1.76. The molecule has 0 saturated heterocycles. The number of nitrogens with zero attached hydrogens (tertiary/aromatic N) is 2. The Morgan fingerprint density at radius 1 is 1.57 bits per heavy atom. The molecule has 1 aliphatic rings. The Morgan fingerprint density at radius 2 is 2.29 bits per heavy atom. The molecule has 4 nitrogen and oxygen atoms in total. The first-order valence-corrected chi connectivity index (χ1v) is 7.02. The van der Waals surface area contributed by atoms with Crippen LogP contribution in [0.2, 0.25) is 0 Å². The number of hydrogen-bond donors (Lipinski definition) is 0. The van der Waals surface area contributed by atoms with E-state index in [1.807, 2.05) is 19.1 Å². The van der Waals surface area contributed by atoms with E-state index in [4.69, 9.17) is 10.00 Å². The van der Waals surface area contributed by atoms with Crippen LogP contribution in [0.5, 0.6) is 5.75 Å². The predicted octanol–water partition coefficient (Wildman–Crippen LogP) is 2.99. The SMILES string of the molecule is CC1C[C-]=C(c2ccc(OCC#N)cc2Br)N(C)C1=O.[Y]. The fraction of sp³-hybridized carbons (Fsp3) is 0.333. The van der Waals surface area contributed by atoms with Crippen LogP contribution in [-0.2, 0) is 37.5 Å². The van der Waals surface area contributed by atoms with Gasteiger partial charge in [-0.15, -0.1) is 17.3 Å². The van der Waals surface area contributed by atoms with Crippen LogP contribution >= 0.6 is 15.9 Å². The summed E-state index contributed by atoms with van der Waals surface area (Å²) in [4.78, 5) is 13.6. The zero-order valence-corrected chi connectivity index (χ0v) is 16.3. The van der Waals surface area contributed by atoms with E-state index in [9.17, 15) is 4.79 Å². The number of allylic oxidation sites excluding steroid dienone is 1. The molecule has 1 aliphatic heterocycles. The molecular weight excluding hydrogens is 409 g/mol. The van der Waals surface area contributed by atoms with Gasteiger partial charge in [0.15, 0.2) is 6.61 Å². The molecule has 0 spiro atoms. The zero-order valence-electron chi connectivity index (χ0n) is 11.9. The van der Waals surface area contributed by atoms with Crippen LogP contribution < -0.4 is 4.74 Å². The molecule has 6 heteroatoms. The summed E-state index contributed by atoms with van der Waals surface area (Å²) in [6, 6.07) is 7.35. The van der Waals surface area contributed by atoms with Gasteiger partial charge in [0.25, 0.3) is 0 Å². The zero-order chi connectivity index (χ0) is 14.7. The van der Waals surface area contributed by atoms with Crippen molar-refractivity contribution < 1.29 is 42.2 Å². The van der Waals surface area contributed by atoms with E-state index in [1.54, 1.807) is 24.1 Å². The van der Waals surface area contributed by atoms with Gasteiger partial charge in [0.05, 0.1) is 0 Å². The molecule has 1 amide bonds. The molecule has 2 rings (SSSR count). The third kappa shape index (κ3) is 4.15. The molecule has 21 heavy (non-hydrogen) atoms. The van der Waals surface area contributed by atoms with E-state index >= 15 is 0 Å². The van der Waals surface area contributed by atoms with Gasteiger partial charge >= 0.3 is 0 Å². The smallest absolute Gasteiger partial charge is 0.225 e. The van der Waals surface area contributed by atoms with Crippen LogP contribution in [0, 0.1) is 23.3 Å². The first-order valence-electron chi connectivity index (χ1n) is 6.22. The summed E-state index contributed by atoms with van der Waals surface area (Å²) in [5.74, 6) is 0.678. The quantitative estimate of drug-likeness (QED) is 0.703. The molecule has 0 aliphatic carbocycles. The van der Waals surface area contributed by atoms with E-state index in [-0.39, 0.29) is 51.1 Å². The van der Waals surface area contributed by atoms with Gasteiger partial charge in [0.2, 0.25) is 5.91 Å². The van der Waals surface area contributed by atoms with Crippen LogP contribution in [0.15, 0.2) is 22.7 Å². The number of nitriles is 1. The van der Waals surface area contributed by atoms with Gasteiger partial charge in [-0.25, -0.2) is 6.08 Å². The number of amides is 1. The first kappa shape index (κ1) is 18.4. The van der Waals surface area contributed by atoms with Crippen LogP contribution in [-0.4, -0.2) is 24.5 Å². The number of rotatable bonds is 3. The van der Waals surface area contributed by atoms with E-state index in [0.717, 1.165) is 15.7 Å². The fourth-order valence-electron chi connectivity index (χ4n) is 2.07. The Hall–Kier alpha value is -0.696. The van der Waals surface area contributed by atoms with E-state index < -0.39 is 0 Å². The molecule has 0 N–H and O–H groups in total. The largest absolute Gasteiger partial charge is 0.479 e. The molecule has 1 aromatic carbocycles. The van der Waals surface area contributed by atoms with Gasteiger partial charge in [-0.05, 0) is 12.1 Å². The van der Waals surface area contributed by atoms with Crippen molar-refractivity contribution >= 4 is 27.5 Å². The molecule has 0 aromatic heterocycles. The number of ether oxygens (including phenoxy) is 1. The van der Waals surface area contributed by atoms with Crippen molar-refractivity contribution in [3.8, 4) is 11.8 Å². The summed E-state index contributed by atoms with van der Waals surface area (Å²) < 4.78 is 6.05. The average Bonchev–Trinajstić information content (AvgIpc) is 2.44. The molecule has 1 unspecified atom stereocenters. The van der Waals surface area contributed by atoms with Crippen molar-refractivity contribution in [2.24, 2.45) is 5.92 Å². The average molecular weight is 423 g/mol. The standard InChI is InChI=1S/C15H14BrN2O2.Y/c1-10-3-6-14(18(2)15(10)19)12-5-4-11(9-13(12)16)20-8-7-17;/h4-5,9-10H,3,8H2,1-2H3;/q-1;. The van der Waals surface area contributed by atoms with Gasteiger partial charge < -0.3 is 9.64 Å². The number of benzene rings is 1. The van der Waals surface area contributed by atoms with Crippen LogP contribution in [0.1, 0.15) is 18.9 Å². The van der Waals surface area contributed by atoms with Crippen molar-refractivity contribution in [3.05, 3.63) is 34.3 Å². The maximum atomic E-state index is 12.0. The number of hydrogen-bond acceptors (Lipinski definition) is 3. The number of halogens is 1. The predicted molar refractivity (Wildman–Crippen MR) is 78.5 cm³/mol.